The van der Waals surface area contributed by atoms with E-state index in [0.29, 0.717) is 16.3 Å². The van der Waals surface area contributed by atoms with Crippen LogP contribution in [0.15, 0.2) is 36.5 Å². The SMILES string of the molecule is CC(=O)c1cccn1Cc1c(F)cccc1Cl. The van der Waals surface area contributed by atoms with E-state index in [-0.39, 0.29) is 18.1 Å². The van der Waals surface area contributed by atoms with Crippen LogP contribution in [-0.4, -0.2) is 10.4 Å². The number of carbonyl (C=O) groups excluding carboxylic acids is 1. The maximum absolute atomic E-state index is 13.6. The van der Waals surface area contributed by atoms with Crippen molar-refractivity contribution in [3.8, 4) is 0 Å². The molecular weight excluding hydrogens is 241 g/mol. The highest BCUT2D eigenvalue weighted by atomic mass is 35.5. The number of benzene rings is 1. The molecule has 0 aliphatic heterocycles. The van der Waals surface area contributed by atoms with Crippen molar-refractivity contribution < 1.29 is 9.18 Å². The highest BCUT2D eigenvalue weighted by Crippen LogP contribution is 2.21. The minimum atomic E-state index is -0.360. The topological polar surface area (TPSA) is 22.0 Å². The minimum Gasteiger partial charge on any atom is -0.341 e. The smallest absolute Gasteiger partial charge is 0.176 e. The molecule has 88 valence electrons. The van der Waals surface area contributed by atoms with E-state index >= 15 is 0 Å². The molecule has 0 aliphatic rings. The Bertz CT molecular complexity index is 542. The fourth-order valence-electron chi connectivity index (χ4n) is 1.73. The predicted molar refractivity (Wildman–Crippen MR) is 64.9 cm³/mol. The van der Waals surface area contributed by atoms with Crippen molar-refractivity contribution in [3.63, 3.8) is 0 Å². The maximum Gasteiger partial charge on any atom is 0.176 e. The number of carbonyl (C=O) groups is 1. The monoisotopic (exact) mass is 251 g/mol. The largest absolute Gasteiger partial charge is 0.341 e. The Morgan fingerprint density at radius 1 is 1.35 bits per heavy atom. The molecule has 0 radical (unpaired) electrons. The highest BCUT2D eigenvalue weighted by Gasteiger charge is 2.11. The quantitative estimate of drug-likeness (QED) is 0.765. The van der Waals surface area contributed by atoms with E-state index in [1.807, 2.05) is 0 Å². The van der Waals surface area contributed by atoms with Crippen LogP contribution in [0, 0.1) is 5.82 Å². The first-order chi connectivity index (χ1) is 8.09. The van der Waals surface area contributed by atoms with Crippen molar-refractivity contribution in [1.82, 2.24) is 4.57 Å². The fraction of sp³-hybridized carbons (Fsp3) is 0.154. The number of aromatic nitrogens is 1. The summed E-state index contributed by atoms with van der Waals surface area (Å²) in [6.07, 6.45) is 1.74. The van der Waals surface area contributed by atoms with Gasteiger partial charge in [-0.05, 0) is 24.3 Å². The molecule has 0 unspecified atom stereocenters. The molecule has 2 aromatic rings. The molecule has 0 fully saturated rings. The average molecular weight is 252 g/mol. The van der Waals surface area contributed by atoms with Gasteiger partial charge in [0.2, 0.25) is 0 Å². The van der Waals surface area contributed by atoms with E-state index < -0.39 is 0 Å². The van der Waals surface area contributed by atoms with Gasteiger partial charge in [0.1, 0.15) is 5.82 Å². The van der Waals surface area contributed by atoms with E-state index in [1.54, 1.807) is 35.0 Å². The van der Waals surface area contributed by atoms with Crippen molar-refractivity contribution in [2.45, 2.75) is 13.5 Å². The van der Waals surface area contributed by atoms with Crippen molar-refractivity contribution in [2.24, 2.45) is 0 Å². The third kappa shape index (κ3) is 2.39. The number of nitrogens with zero attached hydrogens (tertiary/aromatic N) is 1. The van der Waals surface area contributed by atoms with Crippen molar-refractivity contribution in [1.29, 1.82) is 0 Å². The van der Waals surface area contributed by atoms with Gasteiger partial charge >= 0.3 is 0 Å². The van der Waals surface area contributed by atoms with Gasteiger partial charge < -0.3 is 4.57 Å². The van der Waals surface area contributed by atoms with Gasteiger partial charge in [-0.2, -0.15) is 0 Å². The van der Waals surface area contributed by atoms with Crippen LogP contribution in [0.2, 0.25) is 5.02 Å². The molecule has 0 N–H and O–H groups in total. The number of ketones is 1. The Balaban J connectivity index is 2.38. The van der Waals surface area contributed by atoms with Crippen LogP contribution in [0.5, 0.6) is 0 Å². The second-order valence-corrected chi connectivity index (χ2v) is 4.18. The maximum atomic E-state index is 13.6. The molecule has 0 saturated heterocycles. The Hall–Kier alpha value is -1.61. The Kier molecular flexibility index (Phi) is 3.29. The van der Waals surface area contributed by atoms with Crippen LogP contribution >= 0.6 is 11.6 Å². The molecule has 0 atom stereocenters. The molecule has 0 aliphatic carbocycles. The number of hydrogen-bond donors (Lipinski definition) is 0. The van der Waals surface area contributed by atoms with Gasteiger partial charge in [0, 0.05) is 23.7 Å². The van der Waals surface area contributed by atoms with Gasteiger partial charge in [0.25, 0.3) is 0 Å². The average Bonchev–Trinajstić information content (AvgIpc) is 2.72. The zero-order chi connectivity index (χ0) is 12.4. The van der Waals surface area contributed by atoms with E-state index in [1.165, 1.54) is 13.0 Å². The highest BCUT2D eigenvalue weighted by molar-refractivity contribution is 6.31. The Morgan fingerprint density at radius 3 is 2.76 bits per heavy atom. The van der Waals surface area contributed by atoms with E-state index in [4.69, 9.17) is 11.6 Å². The third-order valence-corrected chi connectivity index (χ3v) is 2.93. The van der Waals surface area contributed by atoms with Crippen LogP contribution in [0.25, 0.3) is 0 Å². The molecule has 2 rings (SSSR count). The van der Waals surface area contributed by atoms with Crippen LogP contribution in [0.4, 0.5) is 4.39 Å². The molecule has 1 heterocycles. The minimum absolute atomic E-state index is 0.0533. The van der Waals surface area contributed by atoms with Gasteiger partial charge in [0.15, 0.2) is 5.78 Å². The predicted octanol–water partition coefficient (Wildman–Crippen LogP) is 3.53. The van der Waals surface area contributed by atoms with Gasteiger partial charge in [-0.3, -0.25) is 4.79 Å². The normalized spacial score (nSPS) is 10.5. The molecule has 0 spiro atoms. The van der Waals surface area contributed by atoms with E-state index in [2.05, 4.69) is 0 Å². The Labute approximate surface area is 104 Å². The summed E-state index contributed by atoms with van der Waals surface area (Å²) >= 11 is 5.94. The van der Waals surface area contributed by atoms with Gasteiger partial charge in [-0.25, -0.2) is 4.39 Å². The van der Waals surface area contributed by atoms with Crippen molar-refractivity contribution >= 4 is 17.4 Å². The van der Waals surface area contributed by atoms with Crippen LogP contribution < -0.4 is 0 Å². The third-order valence-electron chi connectivity index (χ3n) is 2.58. The number of hydrogen-bond acceptors (Lipinski definition) is 1. The lowest BCUT2D eigenvalue weighted by Crippen LogP contribution is -2.08. The van der Waals surface area contributed by atoms with Gasteiger partial charge in [0.05, 0.1) is 12.2 Å². The lowest BCUT2D eigenvalue weighted by Gasteiger charge is -2.09. The first-order valence-electron chi connectivity index (χ1n) is 5.18. The van der Waals surface area contributed by atoms with Gasteiger partial charge in [-0.1, -0.05) is 17.7 Å². The summed E-state index contributed by atoms with van der Waals surface area (Å²) in [6, 6.07) is 8.01. The summed E-state index contributed by atoms with van der Waals surface area (Å²) in [7, 11) is 0. The number of rotatable bonds is 3. The van der Waals surface area contributed by atoms with E-state index in [9.17, 15) is 9.18 Å². The second-order valence-electron chi connectivity index (χ2n) is 3.78. The van der Waals surface area contributed by atoms with Crippen molar-refractivity contribution in [3.05, 3.63) is 58.6 Å². The summed E-state index contributed by atoms with van der Waals surface area (Å²) in [5.41, 5.74) is 0.942. The summed E-state index contributed by atoms with van der Waals surface area (Å²) in [6.45, 7) is 1.74. The first kappa shape index (κ1) is 11.9. The fourth-order valence-corrected chi connectivity index (χ4v) is 1.95. The van der Waals surface area contributed by atoms with E-state index in [0.717, 1.165) is 0 Å². The zero-order valence-corrected chi connectivity index (χ0v) is 10.0. The first-order valence-corrected chi connectivity index (χ1v) is 5.56. The molecule has 1 aromatic carbocycles. The standard InChI is InChI=1S/C13H11ClFNO/c1-9(17)13-6-3-7-16(13)8-10-11(14)4-2-5-12(10)15/h2-7H,8H2,1H3. The van der Waals surface area contributed by atoms with Crippen molar-refractivity contribution in [2.75, 3.05) is 0 Å². The summed E-state index contributed by atoms with van der Waals surface area (Å²) in [5, 5.41) is 0.369. The summed E-state index contributed by atoms with van der Waals surface area (Å²) < 4.78 is 15.3. The summed E-state index contributed by atoms with van der Waals surface area (Å²) in [4.78, 5) is 11.3. The molecule has 0 saturated carbocycles. The molecule has 4 heteroatoms. The zero-order valence-electron chi connectivity index (χ0n) is 9.28. The van der Waals surface area contributed by atoms with Crippen LogP contribution in [0.3, 0.4) is 0 Å². The van der Waals surface area contributed by atoms with Crippen LogP contribution in [0.1, 0.15) is 23.0 Å². The van der Waals surface area contributed by atoms with Gasteiger partial charge in [-0.15, -0.1) is 0 Å². The summed E-state index contributed by atoms with van der Waals surface area (Å²) in [5.74, 6) is -0.414. The molecule has 17 heavy (non-hydrogen) atoms. The van der Waals surface area contributed by atoms with Crippen LogP contribution in [-0.2, 0) is 6.54 Å². The molecule has 0 amide bonds. The lowest BCUT2D eigenvalue weighted by molar-refractivity contribution is 0.100. The number of Topliss-reactive ketones (excluding diaryl/α,β-unsaturated/α-hetero) is 1. The molecule has 0 bridgehead atoms. The molecule has 1 aromatic heterocycles. The second kappa shape index (κ2) is 4.72. The Morgan fingerprint density at radius 2 is 2.12 bits per heavy atom. The number of halogens is 2. The molecular formula is C13H11ClFNO. The molecule has 2 nitrogen and oxygen atoms in total. The lowest BCUT2D eigenvalue weighted by atomic mass is 10.2.